The third kappa shape index (κ3) is 6.16. The molecule has 0 saturated carbocycles. The summed E-state index contributed by atoms with van der Waals surface area (Å²) < 4.78 is 29.6. The number of hydrogen-bond donors (Lipinski definition) is 1. The largest absolute Gasteiger partial charge is 0.305 e. The van der Waals surface area contributed by atoms with Crippen molar-refractivity contribution in [3.63, 3.8) is 0 Å². The van der Waals surface area contributed by atoms with Gasteiger partial charge in [-0.3, -0.25) is 0 Å². The van der Waals surface area contributed by atoms with Gasteiger partial charge in [0.2, 0.25) is 10.0 Å². The molecule has 1 fully saturated rings. The Kier molecular flexibility index (Phi) is 8.56. The molecule has 150 valence electrons. The standard InChI is InChI=1S/C18H26Br2N4O2S/c1-3-7-23(8-4-2)12-16-10-15(11-24(16)13-21)22-27(25,26)18-9-14(19)5-6-17(18)20/h5-6,9,15-16,22H,3-4,7-8,10-12H2,1-2H3/t15-,16-/m1/s1. The molecule has 1 saturated heterocycles. The van der Waals surface area contributed by atoms with Gasteiger partial charge in [-0.25, -0.2) is 13.1 Å². The maximum Gasteiger partial charge on any atom is 0.242 e. The van der Waals surface area contributed by atoms with Gasteiger partial charge >= 0.3 is 0 Å². The molecule has 1 aliphatic heterocycles. The summed E-state index contributed by atoms with van der Waals surface area (Å²) in [6.07, 6.45) is 4.99. The molecule has 0 spiro atoms. The van der Waals surface area contributed by atoms with Crippen LogP contribution in [0.4, 0.5) is 0 Å². The molecule has 2 atom stereocenters. The SMILES string of the molecule is CCCN(CCC)C[C@H]1C[C@@H](NS(=O)(=O)c2cc(Br)ccc2Br)CN1C#N. The highest BCUT2D eigenvalue weighted by Crippen LogP contribution is 2.27. The number of nitriles is 1. The van der Waals surface area contributed by atoms with E-state index < -0.39 is 10.0 Å². The highest BCUT2D eigenvalue weighted by molar-refractivity contribution is 9.11. The molecule has 0 aromatic heterocycles. The Balaban J connectivity index is 2.10. The first-order chi connectivity index (χ1) is 12.8. The third-order valence-corrected chi connectivity index (χ3v) is 7.60. The van der Waals surface area contributed by atoms with Crippen molar-refractivity contribution in [2.75, 3.05) is 26.2 Å². The van der Waals surface area contributed by atoms with Crippen LogP contribution < -0.4 is 4.72 Å². The Labute approximate surface area is 179 Å². The minimum Gasteiger partial charge on any atom is -0.305 e. The monoisotopic (exact) mass is 520 g/mol. The van der Waals surface area contributed by atoms with E-state index in [4.69, 9.17) is 0 Å². The van der Waals surface area contributed by atoms with E-state index in [1.54, 1.807) is 23.1 Å². The van der Waals surface area contributed by atoms with Crippen molar-refractivity contribution in [3.8, 4) is 6.19 Å². The number of halogens is 2. The first-order valence-corrected chi connectivity index (χ1v) is 12.2. The van der Waals surface area contributed by atoms with Crippen LogP contribution in [0, 0.1) is 11.5 Å². The van der Waals surface area contributed by atoms with Crippen LogP contribution in [-0.4, -0.2) is 56.5 Å². The molecule has 1 aromatic carbocycles. The van der Waals surface area contributed by atoms with Crippen LogP contribution in [0.5, 0.6) is 0 Å². The Morgan fingerprint density at radius 2 is 1.96 bits per heavy atom. The summed E-state index contributed by atoms with van der Waals surface area (Å²) in [5.41, 5.74) is 0. The fourth-order valence-corrected chi connectivity index (χ4v) is 6.23. The van der Waals surface area contributed by atoms with E-state index in [1.165, 1.54) is 0 Å². The van der Waals surface area contributed by atoms with Gasteiger partial charge in [0, 0.05) is 28.1 Å². The topological polar surface area (TPSA) is 76.4 Å². The second-order valence-corrected chi connectivity index (χ2v) is 10.3. The van der Waals surface area contributed by atoms with Crippen LogP contribution in [0.25, 0.3) is 0 Å². The number of nitrogens with one attached hydrogen (secondary N) is 1. The molecule has 0 aliphatic carbocycles. The summed E-state index contributed by atoms with van der Waals surface area (Å²) in [5, 5.41) is 9.49. The molecular formula is C18H26Br2N4O2S. The lowest BCUT2D eigenvalue weighted by Crippen LogP contribution is -2.39. The molecule has 27 heavy (non-hydrogen) atoms. The average molecular weight is 522 g/mol. The predicted octanol–water partition coefficient (Wildman–Crippen LogP) is 3.54. The van der Waals surface area contributed by atoms with E-state index in [2.05, 4.69) is 61.5 Å². The van der Waals surface area contributed by atoms with Crippen LogP contribution in [0.15, 0.2) is 32.0 Å². The molecule has 0 bridgehead atoms. The van der Waals surface area contributed by atoms with Gasteiger partial charge in [-0.15, -0.1) is 0 Å². The van der Waals surface area contributed by atoms with Gasteiger partial charge in [0.25, 0.3) is 0 Å². The number of likely N-dealkylation sites (tertiary alicyclic amines) is 1. The van der Waals surface area contributed by atoms with Crippen molar-refractivity contribution < 1.29 is 8.42 Å². The van der Waals surface area contributed by atoms with Gasteiger partial charge in [-0.1, -0.05) is 29.8 Å². The summed E-state index contributed by atoms with van der Waals surface area (Å²) in [5.74, 6) is 0. The molecule has 1 aliphatic rings. The Morgan fingerprint density at radius 3 is 2.56 bits per heavy atom. The van der Waals surface area contributed by atoms with Gasteiger partial charge in [-0.05, 0) is 66.5 Å². The average Bonchev–Trinajstić information content (AvgIpc) is 2.98. The fourth-order valence-electron chi connectivity index (χ4n) is 3.49. The number of nitrogens with zero attached hydrogens (tertiary/aromatic N) is 3. The van der Waals surface area contributed by atoms with E-state index in [0.717, 1.165) is 32.5 Å². The molecule has 1 aromatic rings. The zero-order valence-electron chi connectivity index (χ0n) is 15.7. The maximum atomic E-state index is 12.8. The van der Waals surface area contributed by atoms with E-state index in [0.29, 0.717) is 21.9 Å². The van der Waals surface area contributed by atoms with Gasteiger partial charge in [-0.2, -0.15) is 5.26 Å². The quantitative estimate of drug-likeness (QED) is 0.503. The summed E-state index contributed by atoms with van der Waals surface area (Å²) in [7, 11) is -3.68. The van der Waals surface area contributed by atoms with Gasteiger partial charge in [0.1, 0.15) is 0 Å². The second-order valence-electron chi connectivity index (χ2n) is 6.84. The van der Waals surface area contributed by atoms with E-state index in [-0.39, 0.29) is 17.0 Å². The molecule has 1 N–H and O–H groups in total. The van der Waals surface area contributed by atoms with Crippen molar-refractivity contribution in [2.24, 2.45) is 0 Å². The summed E-state index contributed by atoms with van der Waals surface area (Å²) >= 11 is 6.63. The lowest BCUT2D eigenvalue weighted by atomic mass is 10.1. The van der Waals surface area contributed by atoms with Crippen molar-refractivity contribution in [1.29, 1.82) is 5.26 Å². The third-order valence-electron chi connectivity index (χ3n) is 4.60. The number of hydrogen-bond acceptors (Lipinski definition) is 5. The van der Waals surface area contributed by atoms with Gasteiger partial charge in [0.05, 0.1) is 10.9 Å². The van der Waals surface area contributed by atoms with Crippen molar-refractivity contribution in [2.45, 2.75) is 50.1 Å². The van der Waals surface area contributed by atoms with E-state index in [9.17, 15) is 13.7 Å². The van der Waals surface area contributed by atoms with E-state index in [1.807, 2.05) is 0 Å². The van der Waals surface area contributed by atoms with Gasteiger partial charge < -0.3 is 9.80 Å². The fraction of sp³-hybridized carbons (Fsp3) is 0.611. The smallest absolute Gasteiger partial charge is 0.242 e. The number of sulfonamides is 1. The zero-order valence-corrected chi connectivity index (χ0v) is 19.6. The summed E-state index contributed by atoms with van der Waals surface area (Å²) in [6.45, 7) is 7.46. The van der Waals surface area contributed by atoms with Crippen molar-refractivity contribution in [1.82, 2.24) is 14.5 Å². The molecule has 0 amide bonds. The van der Waals surface area contributed by atoms with Gasteiger partial charge in [0.15, 0.2) is 6.19 Å². The normalized spacial score (nSPS) is 20.2. The zero-order chi connectivity index (χ0) is 20.0. The molecule has 9 heteroatoms. The molecule has 2 rings (SSSR count). The predicted molar refractivity (Wildman–Crippen MR) is 114 cm³/mol. The van der Waals surface area contributed by atoms with Crippen LogP contribution in [0.2, 0.25) is 0 Å². The van der Waals surface area contributed by atoms with Crippen molar-refractivity contribution in [3.05, 3.63) is 27.1 Å². The molecular weight excluding hydrogens is 496 g/mol. The summed E-state index contributed by atoms with van der Waals surface area (Å²) in [4.78, 5) is 4.26. The highest BCUT2D eigenvalue weighted by atomic mass is 79.9. The van der Waals surface area contributed by atoms with Crippen molar-refractivity contribution >= 4 is 41.9 Å². The lowest BCUT2D eigenvalue weighted by Gasteiger charge is -2.27. The van der Waals surface area contributed by atoms with Crippen LogP contribution in [-0.2, 0) is 10.0 Å². The molecule has 6 nitrogen and oxygen atoms in total. The first-order valence-electron chi connectivity index (χ1n) is 9.16. The Hall–Kier alpha value is -0.660. The Bertz CT molecular complexity index is 776. The van der Waals surface area contributed by atoms with Crippen LogP contribution in [0.3, 0.4) is 0 Å². The molecule has 0 unspecified atom stereocenters. The first kappa shape index (κ1) is 22.6. The summed E-state index contributed by atoms with van der Waals surface area (Å²) in [6, 6.07) is 4.81. The van der Waals surface area contributed by atoms with Crippen LogP contribution >= 0.6 is 31.9 Å². The lowest BCUT2D eigenvalue weighted by molar-refractivity contribution is 0.209. The minimum absolute atomic E-state index is 0.0340. The molecule has 0 radical (unpaired) electrons. The number of benzene rings is 1. The maximum absolute atomic E-state index is 12.8. The van der Waals surface area contributed by atoms with Crippen LogP contribution in [0.1, 0.15) is 33.1 Å². The Morgan fingerprint density at radius 1 is 1.30 bits per heavy atom. The van der Waals surface area contributed by atoms with E-state index >= 15 is 0 Å². The highest BCUT2D eigenvalue weighted by Gasteiger charge is 2.35. The minimum atomic E-state index is -3.68. The second kappa shape index (κ2) is 10.2. The number of rotatable bonds is 9. The molecule has 1 heterocycles.